The molecular formula is C17H29N3O. The van der Waals surface area contributed by atoms with E-state index in [4.69, 9.17) is 4.74 Å². The number of fused-ring (bicyclic) bond motifs is 2. The maximum absolute atomic E-state index is 6.24. The SMILES string of the molecule is CC(C)(C)OC1C2CCc3nnn(C(C)(C)C)c3CCC21. The van der Waals surface area contributed by atoms with Gasteiger partial charge in [0.05, 0.1) is 28.6 Å². The van der Waals surface area contributed by atoms with Crippen molar-refractivity contribution in [2.45, 2.75) is 84.5 Å². The van der Waals surface area contributed by atoms with Crippen molar-refractivity contribution >= 4 is 0 Å². The second-order valence-electron chi connectivity index (χ2n) is 8.67. The molecule has 0 N–H and O–H groups in total. The summed E-state index contributed by atoms with van der Waals surface area (Å²) in [7, 11) is 0. The Balaban J connectivity index is 1.74. The molecule has 2 aliphatic carbocycles. The fourth-order valence-electron chi connectivity index (χ4n) is 3.67. The smallest absolute Gasteiger partial charge is 0.0859 e. The lowest BCUT2D eigenvalue weighted by molar-refractivity contribution is -0.0274. The molecule has 3 atom stereocenters. The number of ether oxygens (including phenoxy) is 1. The quantitative estimate of drug-likeness (QED) is 0.796. The highest BCUT2D eigenvalue weighted by Gasteiger charge is 2.52. The first-order valence-corrected chi connectivity index (χ1v) is 8.28. The first kappa shape index (κ1) is 15.0. The van der Waals surface area contributed by atoms with Crippen LogP contribution in [0.2, 0.25) is 0 Å². The molecule has 0 amide bonds. The summed E-state index contributed by atoms with van der Waals surface area (Å²) in [6, 6.07) is 0. The molecule has 0 radical (unpaired) electrons. The van der Waals surface area contributed by atoms with Gasteiger partial charge in [0.25, 0.3) is 0 Å². The molecule has 1 heterocycles. The Hall–Kier alpha value is -0.900. The number of aryl methyl sites for hydroxylation is 1. The summed E-state index contributed by atoms with van der Waals surface area (Å²) in [5.41, 5.74) is 2.55. The van der Waals surface area contributed by atoms with Crippen molar-refractivity contribution in [3.8, 4) is 0 Å². The average Bonchev–Trinajstić information content (AvgIpc) is 2.75. The van der Waals surface area contributed by atoms with Crippen molar-refractivity contribution in [2.24, 2.45) is 11.8 Å². The first-order chi connectivity index (χ1) is 9.67. The third-order valence-electron chi connectivity index (χ3n) is 4.65. The monoisotopic (exact) mass is 291 g/mol. The van der Waals surface area contributed by atoms with Crippen molar-refractivity contribution < 1.29 is 4.74 Å². The molecule has 21 heavy (non-hydrogen) atoms. The number of hydrogen-bond donors (Lipinski definition) is 0. The van der Waals surface area contributed by atoms with Gasteiger partial charge in [-0.15, -0.1) is 5.10 Å². The molecule has 4 nitrogen and oxygen atoms in total. The van der Waals surface area contributed by atoms with Crippen LogP contribution < -0.4 is 0 Å². The van der Waals surface area contributed by atoms with Gasteiger partial charge in [-0.05, 0) is 79.1 Å². The standard InChI is InChI=1S/C17H29N3O/c1-16(2,3)20-14-10-8-12-11(7-9-13(14)18-19-20)15(12)21-17(4,5)6/h11-12,15H,7-10H2,1-6H3. The average molecular weight is 291 g/mol. The van der Waals surface area contributed by atoms with Crippen molar-refractivity contribution in [1.82, 2.24) is 15.0 Å². The molecular weight excluding hydrogens is 262 g/mol. The van der Waals surface area contributed by atoms with Gasteiger partial charge in [0.2, 0.25) is 0 Å². The second-order valence-corrected chi connectivity index (χ2v) is 8.67. The fourth-order valence-corrected chi connectivity index (χ4v) is 3.67. The van der Waals surface area contributed by atoms with Gasteiger partial charge in [-0.3, -0.25) is 0 Å². The maximum Gasteiger partial charge on any atom is 0.0859 e. The minimum Gasteiger partial charge on any atom is -0.372 e. The fraction of sp³-hybridized carbons (Fsp3) is 0.882. The number of hydrogen-bond acceptors (Lipinski definition) is 3. The Bertz CT molecular complexity index is 521. The number of rotatable bonds is 1. The van der Waals surface area contributed by atoms with Gasteiger partial charge >= 0.3 is 0 Å². The molecule has 4 heteroatoms. The molecule has 1 saturated carbocycles. The van der Waals surface area contributed by atoms with E-state index in [9.17, 15) is 0 Å². The summed E-state index contributed by atoms with van der Waals surface area (Å²) in [5.74, 6) is 1.47. The van der Waals surface area contributed by atoms with Crippen molar-refractivity contribution in [3.63, 3.8) is 0 Å². The van der Waals surface area contributed by atoms with Gasteiger partial charge in [0, 0.05) is 0 Å². The van der Waals surface area contributed by atoms with E-state index < -0.39 is 0 Å². The summed E-state index contributed by atoms with van der Waals surface area (Å²) < 4.78 is 8.37. The molecule has 1 aromatic heterocycles. The van der Waals surface area contributed by atoms with Gasteiger partial charge in [0.15, 0.2) is 0 Å². The molecule has 1 aromatic rings. The van der Waals surface area contributed by atoms with E-state index in [-0.39, 0.29) is 11.1 Å². The van der Waals surface area contributed by atoms with Crippen LogP contribution in [0.15, 0.2) is 0 Å². The third-order valence-corrected chi connectivity index (χ3v) is 4.65. The van der Waals surface area contributed by atoms with Gasteiger partial charge < -0.3 is 4.74 Å². The summed E-state index contributed by atoms with van der Waals surface area (Å²) >= 11 is 0. The van der Waals surface area contributed by atoms with E-state index >= 15 is 0 Å². The molecule has 1 fully saturated rings. The van der Waals surface area contributed by atoms with Crippen LogP contribution in [0, 0.1) is 11.8 Å². The molecule has 0 saturated heterocycles. The summed E-state index contributed by atoms with van der Waals surface area (Å²) in [4.78, 5) is 0. The highest BCUT2D eigenvalue weighted by Crippen LogP contribution is 2.50. The molecule has 118 valence electrons. The minimum absolute atomic E-state index is 0.0179. The minimum atomic E-state index is -0.0287. The van der Waals surface area contributed by atoms with Crippen molar-refractivity contribution in [1.29, 1.82) is 0 Å². The van der Waals surface area contributed by atoms with E-state index in [1.807, 2.05) is 0 Å². The second kappa shape index (κ2) is 4.80. The maximum atomic E-state index is 6.24. The van der Waals surface area contributed by atoms with E-state index in [0.29, 0.717) is 6.10 Å². The predicted molar refractivity (Wildman–Crippen MR) is 83.3 cm³/mol. The largest absolute Gasteiger partial charge is 0.372 e. The molecule has 3 rings (SSSR count). The van der Waals surface area contributed by atoms with Crippen LogP contribution in [0.5, 0.6) is 0 Å². The number of nitrogens with zero attached hydrogens (tertiary/aromatic N) is 3. The third kappa shape index (κ3) is 3.01. The Morgan fingerprint density at radius 1 is 1.00 bits per heavy atom. The van der Waals surface area contributed by atoms with Gasteiger partial charge in [0.1, 0.15) is 0 Å². The van der Waals surface area contributed by atoms with Crippen molar-refractivity contribution in [2.75, 3.05) is 0 Å². The van der Waals surface area contributed by atoms with Crippen LogP contribution in [0.1, 0.15) is 65.8 Å². The van der Waals surface area contributed by atoms with Gasteiger partial charge in [-0.25, -0.2) is 4.68 Å². The Morgan fingerprint density at radius 3 is 2.19 bits per heavy atom. The zero-order valence-electron chi connectivity index (χ0n) is 14.3. The van der Waals surface area contributed by atoms with Crippen molar-refractivity contribution in [3.05, 3.63) is 11.4 Å². The summed E-state index contributed by atoms with van der Waals surface area (Å²) in [6.45, 7) is 13.1. The van der Waals surface area contributed by atoms with Crippen LogP contribution in [0.3, 0.4) is 0 Å². The lowest BCUT2D eigenvalue weighted by atomic mass is 10.00. The summed E-state index contributed by atoms with van der Waals surface area (Å²) in [5, 5.41) is 8.86. The van der Waals surface area contributed by atoms with E-state index in [0.717, 1.165) is 24.7 Å². The van der Waals surface area contributed by atoms with E-state index in [1.165, 1.54) is 24.2 Å². The predicted octanol–water partition coefficient (Wildman–Crippen LogP) is 3.34. The lowest BCUT2D eigenvalue weighted by Gasteiger charge is -2.22. The Labute approximate surface area is 128 Å². The Morgan fingerprint density at radius 2 is 1.62 bits per heavy atom. The molecule has 2 aliphatic rings. The summed E-state index contributed by atoms with van der Waals surface area (Å²) in [6.07, 6.45) is 5.01. The van der Waals surface area contributed by atoms with Crippen LogP contribution in [-0.2, 0) is 23.1 Å². The zero-order chi connectivity index (χ0) is 15.4. The molecule has 3 unspecified atom stereocenters. The van der Waals surface area contributed by atoms with Crippen LogP contribution >= 0.6 is 0 Å². The van der Waals surface area contributed by atoms with E-state index in [2.05, 4.69) is 56.5 Å². The molecule has 0 aromatic carbocycles. The molecule has 0 spiro atoms. The highest BCUT2D eigenvalue weighted by atomic mass is 16.5. The van der Waals surface area contributed by atoms with Gasteiger partial charge in [-0.1, -0.05) is 5.21 Å². The Kier molecular flexibility index (Phi) is 3.43. The topological polar surface area (TPSA) is 39.9 Å². The van der Waals surface area contributed by atoms with E-state index in [1.54, 1.807) is 0 Å². The lowest BCUT2D eigenvalue weighted by Crippen LogP contribution is -2.26. The first-order valence-electron chi connectivity index (χ1n) is 8.28. The van der Waals surface area contributed by atoms with Crippen LogP contribution in [0.25, 0.3) is 0 Å². The number of aromatic nitrogens is 3. The normalized spacial score (nSPS) is 29.3. The zero-order valence-corrected chi connectivity index (χ0v) is 14.3. The van der Waals surface area contributed by atoms with Gasteiger partial charge in [-0.2, -0.15) is 0 Å². The molecule has 0 bridgehead atoms. The van der Waals surface area contributed by atoms with Crippen LogP contribution in [0.4, 0.5) is 0 Å². The molecule has 0 aliphatic heterocycles. The highest BCUT2D eigenvalue weighted by molar-refractivity contribution is 5.17. The van der Waals surface area contributed by atoms with Crippen LogP contribution in [-0.4, -0.2) is 26.7 Å².